The van der Waals surface area contributed by atoms with Gasteiger partial charge in [0.1, 0.15) is 12.4 Å². The molecule has 4 heteroatoms. The molecule has 0 aliphatic carbocycles. The Morgan fingerprint density at radius 3 is 2.65 bits per heavy atom. The van der Waals surface area contributed by atoms with E-state index in [1.807, 2.05) is 37.3 Å². The number of aliphatic hydroxyl groups is 1. The van der Waals surface area contributed by atoms with Crippen LogP contribution < -0.4 is 10.5 Å². The number of rotatable bonds is 8. The van der Waals surface area contributed by atoms with Gasteiger partial charge in [-0.25, -0.2) is 0 Å². The van der Waals surface area contributed by atoms with Gasteiger partial charge in [-0.05, 0) is 63.1 Å². The van der Waals surface area contributed by atoms with E-state index in [0.717, 1.165) is 18.6 Å². The van der Waals surface area contributed by atoms with Crippen molar-refractivity contribution in [3.05, 3.63) is 57.8 Å². The number of aryl methyl sites for hydroxylation is 2. The van der Waals surface area contributed by atoms with Gasteiger partial charge in [0.15, 0.2) is 0 Å². The standard InChI is InChI=1S/C19H25NO2S/c1-15-5-7-16(8-6-15)22-13-3-4-17-9-10-18(23-17)11-12-19(2,20)14-21/h3-10,21H,11-14,20H2,1-2H3/b4-3+. The van der Waals surface area contributed by atoms with Crippen LogP contribution in [0.5, 0.6) is 5.75 Å². The van der Waals surface area contributed by atoms with Gasteiger partial charge in [-0.15, -0.1) is 11.3 Å². The molecule has 0 aliphatic rings. The quantitative estimate of drug-likeness (QED) is 0.774. The Balaban J connectivity index is 1.78. The van der Waals surface area contributed by atoms with Gasteiger partial charge >= 0.3 is 0 Å². The first-order valence-corrected chi connectivity index (χ1v) is 8.65. The van der Waals surface area contributed by atoms with Crippen LogP contribution in [0.25, 0.3) is 6.08 Å². The molecule has 0 radical (unpaired) electrons. The van der Waals surface area contributed by atoms with Gasteiger partial charge in [0, 0.05) is 15.3 Å². The minimum absolute atomic E-state index is 0.0154. The van der Waals surface area contributed by atoms with Crippen molar-refractivity contribution in [3.63, 3.8) is 0 Å². The number of thiophene rings is 1. The summed E-state index contributed by atoms with van der Waals surface area (Å²) in [6.45, 7) is 4.51. The maximum atomic E-state index is 9.18. The van der Waals surface area contributed by atoms with E-state index in [9.17, 15) is 5.11 Å². The van der Waals surface area contributed by atoms with E-state index in [4.69, 9.17) is 10.5 Å². The molecule has 0 amide bonds. The minimum atomic E-state index is -0.498. The summed E-state index contributed by atoms with van der Waals surface area (Å²) >= 11 is 1.75. The van der Waals surface area contributed by atoms with Crippen molar-refractivity contribution < 1.29 is 9.84 Å². The van der Waals surface area contributed by atoms with Gasteiger partial charge in [-0.2, -0.15) is 0 Å². The summed E-state index contributed by atoms with van der Waals surface area (Å²) < 4.78 is 5.67. The second-order valence-corrected chi connectivity index (χ2v) is 7.34. The normalized spacial score (nSPS) is 14.1. The summed E-state index contributed by atoms with van der Waals surface area (Å²) in [6, 6.07) is 12.3. The third-order valence-corrected chi connectivity index (χ3v) is 4.75. The molecule has 1 unspecified atom stereocenters. The van der Waals surface area contributed by atoms with Gasteiger partial charge in [-0.1, -0.05) is 17.7 Å². The Hall–Kier alpha value is -1.62. The molecular formula is C19H25NO2S. The molecule has 0 fully saturated rings. The first-order valence-electron chi connectivity index (χ1n) is 7.83. The first kappa shape index (κ1) is 17.7. The van der Waals surface area contributed by atoms with Crippen molar-refractivity contribution in [2.75, 3.05) is 13.2 Å². The molecular weight excluding hydrogens is 306 g/mol. The molecule has 124 valence electrons. The van der Waals surface area contributed by atoms with Crippen molar-refractivity contribution in [2.24, 2.45) is 5.73 Å². The van der Waals surface area contributed by atoms with E-state index in [1.165, 1.54) is 15.3 Å². The Morgan fingerprint density at radius 1 is 1.22 bits per heavy atom. The third kappa shape index (κ3) is 6.18. The Morgan fingerprint density at radius 2 is 1.96 bits per heavy atom. The predicted molar refractivity (Wildman–Crippen MR) is 98.0 cm³/mol. The van der Waals surface area contributed by atoms with Crippen LogP contribution in [0.4, 0.5) is 0 Å². The zero-order chi connectivity index (χ0) is 16.7. The van der Waals surface area contributed by atoms with Crippen LogP contribution in [0.3, 0.4) is 0 Å². The summed E-state index contributed by atoms with van der Waals surface area (Å²) in [5.41, 5.74) is 6.69. The average molecular weight is 331 g/mol. The molecule has 2 aromatic rings. The van der Waals surface area contributed by atoms with Crippen LogP contribution in [0, 0.1) is 6.92 Å². The van der Waals surface area contributed by atoms with Crippen LogP contribution in [0.15, 0.2) is 42.5 Å². The SMILES string of the molecule is Cc1ccc(OC/C=C/c2ccc(CCC(C)(N)CO)s2)cc1. The summed E-state index contributed by atoms with van der Waals surface area (Å²) in [6.07, 6.45) is 5.78. The third-order valence-electron chi connectivity index (χ3n) is 3.64. The second-order valence-electron chi connectivity index (χ2n) is 6.14. The molecule has 3 nitrogen and oxygen atoms in total. The first-order chi connectivity index (χ1) is 11.0. The zero-order valence-corrected chi connectivity index (χ0v) is 14.6. The monoisotopic (exact) mass is 331 g/mol. The summed E-state index contributed by atoms with van der Waals surface area (Å²) in [4.78, 5) is 2.49. The number of aliphatic hydroxyl groups excluding tert-OH is 1. The molecule has 1 heterocycles. The van der Waals surface area contributed by atoms with Gasteiger partial charge in [0.25, 0.3) is 0 Å². The molecule has 0 bridgehead atoms. The number of nitrogens with two attached hydrogens (primary N) is 1. The van der Waals surface area contributed by atoms with Crippen LogP contribution in [-0.4, -0.2) is 23.9 Å². The molecule has 0 saturated carbocycles. The second kappa shape index (κ2) is 8.29. The molecule has 1 aromatic heterocycles. The smallest absolute Gasteiger partial charge is 0.119 e. The molecule has 0 aliphatic heterocycles. The lowest BCUT2D eigenvalue weighted by Gasteiger charge is -2.20. The molecule has 2 rings (SSSR count). The van der Waals surface area contributed by atoms with E-state index in [1.54, 1.807) is 11.3 Å². The zero-order valence-electron chi connectivity index (χ0n) is 13.8. The van der Waals surface area contributed by atoms with Crippen molar-refractivity contribution in [1.29, 1.82) is 0 Å². The lowest BCUT2D eigenvalue weighted by Crippen LogP contribution is -2.40. The number of hydrogen-bond donors (Lipinski definition) is 2. The van der Waals surface area contributed by atoms with E-state index >= 15 is 0 Å². The molecule has 3 N–H and O–H groups in total. The predicted octanol–water partition coefficient (Wildman–Crippen LogP) is 3.79. The molecule has 1 aromatic carbocycles. The Bertz CT molecular complexity index is 629. The Kier molecular flexibility index (Phi) is 6.39. The lowest BCUT2D eigenvalue weighted by molar-refractivity contribution is 0.201. The van der Waals surface area contributed by atoms with E-state index in [0.29, 0.717) is 6.61 Å². The largest absolute Gasteiger partial charge is 0.490 e. The van der Waals surface area contributed by atoms with Crippen LogP contribution in [0.2, 0.25) is 0 Å². The summed E-state index contributed by atoms with van der Waals surface area (Å²) in [7, 11) is 0. The van der Waals surface area contributed by atoms with Gasteiger partial charge in [0.05, 0.1) is 6.61 Å². The fourth-order valence-electron chi connectivity index (χ4n) is 2.05. The van der Waals surface area contributed by atoms with Crippen LogP contribution in [0.1, 0.15) is 28.7 Å². The fraction of sp³-hybridized carbons (Fsp3) is 0.368. The van der Waals surface area contributed by atoms with Gasteiger partial charge < -0.3 is 15.6 Å². The van der Waals surface area contributed by atoms with Crippen molar-refractivity contribution in [1.82, 2.24) is 0 Å². The number of benzene rings is 1. The lowest BCUT2D eigenvalue weighted by atomic mass is 9.98. The highest BCUT2D eigenvalue weighted by Crippen LogP contribution is 2.21. The summed E-state index contributed by atoms with van der Waals surface area (Å²) in [5.74, 6) is 0.887. The maximum absolute atomic E-state index is 9.18. The van der Waals surface area contributed by atoms with E-state index in [2.05, 4.69) is 25.1 Å². The topological polar surface area (TPSA) is 55.5 Å². The van der Waals surface area contributed by atoms with Crippen molar-refractivity contribution in [2.45, 2.75) is 32.2 Å². The molecule has 0 spiro atoms. The maximum Gasteiger partial charge on any atom is 0.119 e. The van der Waals surface area contributed by atoms with Crippen LogP contribution >= 0.6 is 11.3 Å². The molecule has 1 atom stereocenters. The fourth-order valence-corrected chi connectivity index (χ4v) is 2.99. The molecule has 0 saturated heterocycles. The molecule has 23 heavy (non-hydrogen) atoms. The Labute approximate surface area is 142 Å². The minimum Gasteiger partial charge on any atom is -0.490 e. The number of hydrogen-bond acceptors (Lipinski definition) is 4. The summed E-state index contributed by atoms with van der Waals surface area (Å²) in [5, 5.41) is 9.18. The highest BCUT2D eigenvalue weighted by molar-refractivity contribution is 7.12. The van der Waals surface area contributed by atoms with E-state index < -0.39 is 5.54 Å². The highest BCUT2D eigenvalue weighted by Gasteiger charge is 2.16. The van der Waals surface area contributed by atoms with Crippen molar-refractivity contribution >= 4 is 17.4 Å². The highest BCUT2D eigenvalue weighted by atomic mass is 32.1. The van der Waals surface area contributed by atoms with Crippen molar-refractivity contribution in [3.8, 4) is 5.75 Å². The van der Waals surface area contributed by atoms with Crippen LogP contribution in [-0.2, 0) is 6.42 Å². The van der Waals surface area contributed by atoms with Gasteiger partial charge in [-0.3, -0.25) is 0 Å². The average Bonchev–Trinajstić information content (AvgIpc) is 2.99. The number of ether oxygens (including phenoxy) is 1. The van der Waals surface area contributed by atoms with E-state index in [-0.39, 0.29) is 6.61 Å². The van der Waals surface area contributed by atoms with Gasteiger partial charge in [0.2, 0.25) is 0 Å².